The fourth-order valence-electron chi connectivity index (χ4n) is 15.5. The largest absolute Gasteiger partial charge is 0.481 e. The van der Waals surface area contributed by atoms with Gasteiger partial charge in [0.05, 0.1) is 24.7 Å². The van der Waals surface area contributed by atoms with Gasteiger partial charge in [0.2, 0.25) is 0 Å². The Kier molecular flexibility index (Phi) is 13.4. The third-order valence-corrected chi connectivity index (χ3v) is 19.8. The number of aliphatic hydroxyl groups excluding tert-OH is 9. The molecule has 4 saturated carbocycles. The number of ether oxygens (including phenoxy) is 5. The highest BCUT2D eigenvalue weighted by molar-refractivity contribution is 5.77. The van der Waals surface area contributed by atoms with Gasteiger partial charge in [-0.05, 0) is 109 Å². The Morgan fingerprint density at radius 3 is 1.91 bits per heavy atom. The number of hydrogen-bond acceptors (Lipinski definition) is 17. The van der Waals surface area contributed by atoms with Crippen LogP contribution >= 0.6 is 0 Å². The van der Waals surface area contributed by atoms with Crippen LogP contribution in [0.15, 0.2) is 11.6 Å². The Hall–Kier alpha value is -1.92. The van der Waals surface area contributed by atoms with E-state index in [9.17, 15) is 70.9 Å². The van der Waals surface area contributed by atoms with E-state index in [0.29, 0.717) is 25.7 Å². The van der Waals surface area contributed by atoms with Gasteiger partial charge in [0.15, 0.2) is 24.3 Å². The third kappa shape index (κ3) is 7.53. The van der Waals surface area contributed by atoms with E-state index < -0.39 is 134 Å². The van der Waals surface area contributed by atoms with Gasteiger partial charge in [-0.2, -0.15) is 0 Å². The third-order valence-electron chi connectivity index (χ3n) is 19.8. The number of aliphatic carboxylic acids is 2. The van der Waals surface area contributed by atoms with Crippen LogP contribution in [0.2, 0.25) is 0 Å². The molecule has 0 aromatic carbocycles. The quantitative estimate of drug-likeness (QED) is 0.108. The molecule has 0 aromatic rings. The van der Waals surface area contributed by atoms with Crippen molar-refractivity contribution in [1.29, 1.82) is 0 Å². The number of rotatable bonds is 9. The highest BCUT2D eigenvalue weighted by Crippen LogP contribution is 2.76. The molecule has 12 N–H and O–H groups in total. The fourth-order valence-corrected chi connectivity index (χ4v) is 15.5. The predicted octanol–water partition coefficient (Wildman–Crippen LogP) is 0.187. The Balaban J connectivity index is 1.12. The number of carboxylic acid groups (broad SMARTS) is 2. The predicted molar refractivity (Wildman–Crippen MR) is 231 cm³/mol. The van der Waals surface area contributed by atoms with Crippen LogP contribution in [0.4, 0.5) is 0 Å². The van der Waals surface area contributed by atoms with Crippen molar-refractivity contribution in [2.45, 2.75) is 210 Å². The second-order valence-electron chi connectivity index (χ2n) is 23.8. The van der Waals surface area contributed by atoms with Crippen molar-refractivity contribution in [2.75, 3.05) is 13.2 Å². The Morgan fingerprint density at radius 1 is 0.687 bits per heavy atom. The molecule has 67 heavy (non-hydrogen) atoms. The van der Waals surface area contributed by atoms with E-state index in [-0.39, 0.29) is 39.4 Å². The summed E-state index contributed by atoms with van der Waals surface area (Å²) in [7, 11) is 0. The van der Waals surface area contributed by atoms with Crippen LogP contribution in [0.3, 0.4) is 0 Å². The number of carboxylic acids is 2. The van der Waals surface area contributed by atoms with Gasteiger partial charge in [0.1, 0.15) is 67.1 Å². The van der Waals surface area contributed by atoms with E-state index in [4.69, 9.17) is 23.7 Å². The summed E-state index contributed by atoms with van der Waals surface area (Å²) in [6.45, 7) is 13.9. The monoisotopic (exact) mass is 956 g/mol. The summed E-state index contributed by atoms with van der Waals surface area (Å²) in [5.74, 6) is -2.37. The molecule has 3 heterocycles. The summed E-state index contributed by atoms with van der Waals surface area (Å²) in [5, 5.41) is 131. The number of aliphatic hydroxyl groups is 10. The molecule has 0 amide bonds. The van der Waals surface area contributed by atoms with Crippen molar-refractivity contribution < 1.29 is 94.6 Å². The number of allylic oxidation sites excluding steroid dienone is 2. The number of carbonyl (C=O) groups is 2. The van der Waals surface area contributed by atoms with Gasteiger partial charge in [-0.1, -0.05) is 60.1 Å². The van der Waals surface area contributed by atoms with E-state index in [0.717, 1.165) is 38.5 Å². The summed E-state index contributed by atoms with van der Waals surface area (Å²) in [5.41, 5.74) is -4.01. The molecular formula is C48H76O19. The molecule has 19 heteroatoms. The molecule has 0 aromatic heterocycles. The first-order valence-electron chi connectivity index (χ1n) is 24.3. The molecule has 382 valence electrons. The van der Waals surface area contributed by atoms with Crippen molar-refractivity contribution in [3.63, 3.8) is 0 Å². The van der Waals surface area contributed by atoms with Crippen LogP contribution in [0, 0.1) is 50.2 Å². The first-order chi connectivity index (χ1) is 31.1. The molecule has 0 spiro atoms. The van der Waals surface area contributed by atoms with Crippen molar-refractivity contribution >= 4 is 11.9 Å². The normalized spacial score (nSPS) is 53.8. The van der Waals surface area contributed by atoms with Gasteiger partial charge in [0.25, 0.3) is 0 Å². The van der Waals surface area contributed by atoms with Crippen LogP contribution in [0.1, 0.15) is 113 Å². The smallest absolute Gasteiger partial charge is 0.336 e. The Labute approximate surface area is 391 Å². The first-order valence-corrected chi connectivity index (χ1v) is 24.3. The van der Waals surface area contributed by atoms with E-state index >= 15 is 0 Å². The maximum Gasteiger partial charge on any atom is 0.336 e. The molecule has 0 bridgehead atoms. The second kappa shape index (κ2) is 17.4. The summed E-state index contributed by atoms with van der Waals surface area (Å²) in [6, 6.07) is 0. The fraction of sp³-hybridized carbons (Fsp3) is 0.917. The summed E-state index contributed by atoms with van der Waals surface area (Å²) in [4.78, 5) is 26.3. The van der Waals surface area contributed by atoms with Crippen LogP contribution in [0.25, 0.3) is 0 Å². The van der Waals surface area contributed by atoms with Crippen LogP contribution in [0.5, 0.6) is 0 Å². The molecule has 0 radical (unpaired) electrons. The summed E-state index contributed by atoms with van der Waals surface area (Å²) < 4.78 is 30.1. The second-order valence-corrected chi connectivity index (χ2v) is 23.8. The van der Waals surface area contributed by atoms with Crippen molar-refractivity contribution in [1.82, 2.24) is 0 Å². The molecule has 7 fully saturated rings. The van der Waals surface area contributed by atoms with Gasteiger partial charge in [0, 0.05) is 0 Å². The summed E-state index contributed by atoms with van der Waals surface area (Å²) >= 11 is 0. The molecule has 8 rings (SSSR count). The number of hydrogen-bond donors (Lipinski definition) is 12. The highest BCUT2D eigenvalue weighted by atomic mass is 16.8. The lowest BCUT2D eigenvalue weighted by Crippen LogP contribution is -2.78. The average Bonchev–Trinajstić information content (AvgIpc) is 3.26. The maximum absolute atomic E-state index is 13.2. The Morgan fingerprint density at radius 2 is 1.30 bits per heavy atom. The van der Waals surface area contributed by atoms with Crippen molar-refractivity contribution in [3.05, 3.63) is 11.6 Å². The molecule has 3 aliphatic heterocycles. The van der Waals surface area contributed by atoms with E-state index in [2.05, 4.69) is 54.5 Å². The van der Waals surface area contributed by atoms with Gasteiger partial charge in [-0.25, -0.2) is 4.79 Å². The number of fused-ring (bicyclic) bond motifs is 7. The minimum Gasteiger partial charge on any atom is -0.481 e. The van der Waals surface area contributed by atoms with E-state index in [1.54, 1.807) is 0 Å². The zero-order valence-electron chi connectivity index (χ0n) is 39.7. The zero-order chi connectivity index (χ0) is 49.4. The van der Waals surface area contributed by atoms with Crippen LogP contribution in [-0.2, 0) is 33.3 Å². The molecule has 23 atom stereocenters. The molecule has 8 aliphatic rings. The lowest BCUT2D eigenvalue weighted by molar-refractivity contribution is -0.404. The van der Waals surface area contributed by atoms with E-state index in [1.807, 2.05) is 0 Å². The SMILES string of the molecule is CC1(C)CC[C@]2(C(=O)O)CC[C@]3(C)C(=CCC4[C@@]5(C)CC[C@H](OC6OC(C(=O)O)[C@](O)(C7OC(CO)C(O)[C@@H](O)[C@@H]7O)[C@@H](O)[C@@H]6OC6OC(CO)C(O)C(O)C6O)C(C)(C)C5CC[C@]43C)C2C1. The standard InChI is InChI=1S/C48H76O19/c1-42(2)14-16-47(41(60)61)17-15-45(6)21(22(47)18-42)8-9-26-44(5)12-11-27(43(3,4)25(44)10-13-46(26,45)7)65-40-34(66-39-33(56)31(54)29(52)24(20-50)64-39)35(57)48(62,37(67-40)38(58)59)36-32(55)30(53)28(51)23(19-49)63-36/h8,22-37,39-40,49-57,62H,9-20H2,1-7H3,(H,58,59)(H,60,61)/t22?,23?,24?,25?,26?,27-,28?,29?,30+,31?,32-,33?,34-,35-,36?,37?,39?,40?,44-,45+,46+,47-,48+/m0/s1. The topological polar surface area (TPSA) is 323 Å². The van der Waals surface area contributed by atoms with Crippen molar-refractivity contribution in [3.8, 4) is 0 Å². The zero-order valence-corrected chi connectivity index (χ0v) is 39.7. The maximum atomic E-state index is 13.2. The molecular weight excluding hydrogens is 881 g/mol. The van der Waals surface area contributed by atoms with Gasteiger partial charge < -0.3 is 85.0 Å². The van der Waals surface area contributed by atoms with Gasteiger partial charge in [-0.3, -0.25) is 4.79 Å². The molecule has 5 aliphatic carbocycles. The lowest BCUT2D eigenvalue weighted by atomic mass is 9.33. The molecule has 3 saturated heterocycles. The highest BCUT2D eigenvalue weighted by Gasteiger charge is 2.71. The average molecular weight is 957 g/mol. The summed E-state index contributed by atoms with van der Waals surface area (Å²) in [6.07, 6.45) is -19.4. The molecule has 13 unspecified atom stereocenters. The Bertz CT molecular complexity index is 1910. The van der Waals surface area contributed by atoms with Crippen LogP contribution < -0.4 is 0 Å². The molecule has 19 nitrogen and oxygen atoms in total. The van der Waals surface area contributed by atoms with Gasteiger partial charge in [-0.15, -0.1) is 0 Å². The minimum absolute atomic E-state index is 0.0188. The van der Waals surface area contributed by atoms with Gasteiger partial charge >= 0.3 is 11.9 Å². The van der Waals surface area contributed by atoms with E-state index in [1.165, 1.54) is 5.57 Å². The van der Waals surface area contributed by atoms with Crippen LogP contribution in [-0.4, -0.2) is 184 Å². The van der Waals surface area contributed by atoms with Crippen molar-refractivity contribution in [2.24, 2.45) is 50.2 Å². The minimum atomic E-state index is -3.24. The first kappa shape index (κ1) is 51.4. The lowest BCUT2D eigenvalue weighted by Gasteiger charge is -2.71.